The van der Waals surface area contributed by atoms with Gasteiger partial charge in [-0.1, -0.05) is 18.9 Å². The van der Waals surface area contributed by atoms with Crippen LogP contribution in [0.5, 0.6) is 5.75 Å². The molecule has 2 saturated carbocycles. The van der Waals surface area contributed by atoms with Gasteiger partial charge in [-0.2, -0.15) is 0 Å². The first kappa shape index (κ1) is 19.8. The zero-order valence-corrected chi connectivity index (χ0v) is 17.1. The number of benzene rings is 1. The van der Waals surface area contributed by atoms with E-state index in [2.05, 4.69) is 0 Å². The topological polar surface area (TPSA) is 138 Å². The van der Waals surface area contributed by atoms with Gasteiger partial charge in [0.05, 0.1) is 11.5 Å². The average molecular weight is 423 g/mol. The number of carbonyl (C=O) groups is 3. The molecule has 0 aliphatic heterocycles. The summed E-state index contributed by atoms with van der Waals surface area (Å²) >= 11 is 0. The monoisotopic (exact) mass is 423 g/mol. The van der Waals surface area contributed by atoms with Gasteiger partial charge < -0.3 is 21.1 Å². The van der Waals surface area contributed by atoms with Crippen molar-refractivity contribution in [2.75, 3.05) is 0 Å². The maximum atomic E-state index is 13.4. The lowest BCUT2D eigenvalue weighted by Crippen LogP contribution is -2.44. The molecule has 4 aliphatic carbocycles. The number of fused-ring (bicyclic) bond motifs is 3. The number of amides is 1. The Hall–Kier alpha value is -3.09. The summed E-state index contributed by atoms with van der Waals surface area (Å²) in [5.41, 5.74) is 7.19. The summed E-state index contributed by atoms with van der Waals surface area (Å²) in [4.78, 5) is 37.4. The lowest BCUT2D eigenvalue weighted by molar-refractivity contribution is -0.127. The van der Waals surface area contributed by atoms with Gasteiger partial charge >= 0.3 is 0 Å². The van der Waals surface area contributed by atoms with Crippen molar-refractivity contribution in [3.05, 3.63) is 45.7 Å². The molecule has 2 fully saturated rings. The maximum Gasteiger partial charge on any atom is 0.255 e. The van der Waals surface area contributed by atoms with Gasteiger partial charge in [-0.3, -0.25) is 14.4 Å². The fourth-order valence-corrected chi connectivity index (χ4v) is 6.28. The van der Waals surface area contributed by atoms with Crippen LogP contribution in [-0.2, 0) is 20.8 Å². The van der Waals surface area contributed by atoms with E-state index in [4.69, 9.17) is 5.73 Å². The molecular weight excluding hydrogens is 398 g/mol. The molecule has 0 radical (unpaired) electrons. The second-order valence-electron chi connectivity index (χ2n) is 9.26. The van der Waals surface area contributed by atoms with Crippen LogP contribution in [0.25, 0.3) is 5.76 Å². The molecule has 1 aromatic rings. The molecular formula is C24H25NO6. The summed E-state index contributed by atoms with van der Waals surface area (Å²) in [6.07, 6.45) is 5.30. The number of hydrogen-bond donors (Lipinski definition) is 4. The van der Waals surface area contributed by atoms with Crippen molar-refractivity contribution in [3.63, 3.8) is 0 Å². The molecule has 3 atom stereocenters. The summed E-state index contributed by atoms with van der Waals surface area (Å²) in [6, 6.07) is 3.50. The van der Waals surface area contributed by atoms with Crippen LogP contribution in [0.2, 0.25) is 0 Å². The number of ketones is 2. The van der Waals surface area contributed by atoms with Gasteiger partial charge in [0.25, 0.3) is 5.91 Å². The number of phenolic OH excluding ortho intramolecular Hbond substituents is 1. The van der Waals surface area contributed by atoms with Crippen LogP contribution >= 0.6 is 0 Å². The molecule has 1 aromatic carbocycles. The number of nitrogens with two attached hydrogens (primary N) is 1. The van der Waals surface area contributed by atoms with Crippen LogP contribution in [0.15, 0.2) is 29.0 Å². The second-order valence-corrected chi connectivity index (χ2v) is 9.26. The van der Waals surface area contributed by atoms with Crippen LogP contribution in [0.4, 0.5) is 0 Å². The molecule has 162 valence electrons. The highest BCUT2D eigenvalue weighted by atomic mass is 16.3. The van der Waals surface area contributed by atoms with Gasteiger partial charge in [0.1, 0.15) is 22.8 Å². The van der Waals surface area contributed by atoms with Crippen LogP contribution < -0.4 is 5.73 Å². The molecule has 1 amide bonds. The number of carbonyl (C=O) groups excluding carboxylic acids is 3. The summed E-state index contributed by atoms with van der Waals surface area (Å²) in [5.74, 6) is -4.47. The van der Waals surface area contributed by atoms with E-state index in [-0.39, 0.29) is 29.4 Å². The smallest absolute Gasteiger partial charge is 0.255 e. The number of allylic oxidation sites excluding steroid dienone is 2. The lowest BCUT2D eigenvalue weighted by Gasteiger charge is -2.41. The summed E-state index contributed by atoms with van der Waals surface area (Å²) in [6.45, 7) is 0. The minimum Gasteiger partial charge on any atom is -0.511 e. The quantitative estimate of drug-likeness (QED) is 0.540. The Kier molecular flexibility index (Phi) is 4.46. The number of primary amides is 1. The fourth-order valence-electron chi connectivity index (χ4n) is 6.28. The Labute approximate surface area is 179 Å². The number of Topliss-reactive ketones (excluding diaryl/α,β-unsaturated/α-hetero) is 2. The molecule has 7 nitrogen and oxygen atoms in total. The van der Waals surface area contributed by atoms with Gasteiger partial charge in [0.2, 0.25) is 0 Å². The SMILES string of the molecule is NC(=O)C1=C(O)C2C(=O)C3=C(O)c4c(O)ccc(C5CCCC5)c4CC3CC2CC1=O. The van der Waals surface area contributed by atoms with Crippen LogP contribution in [0.3, 0.4) is 0 Å². The number of rotatable bonds is 2. The molecule has 0 heterocycles. The summed E-state index contributed by atoms with van der Waals surface area (Å²) in [7, 11) is 0. The Morgan fingerprint density at radius 3 is 2.39 bits per heavy atom. The molecule has 0 bridgehead atoms. The first-order chi connectivity index (χ1) is 14.8. The van der Waals surface area contributed by atoms with Crippen molar-refractivity contribution in [1.29, 1.82) is 0 Å². The van der Waals surface area contributed by atoms with Gasteiger partial charge in [0, 0.05) is 12.0 Å². The standard InChI is InChI=1S/C24H25NO6/c25-24(31)20-16(27)9-12-7-11-8-14-13(10-3-1-2-4-10)5-6-15(26)19(14)22(29)17(11)21(28)18(12)23(20)30/h5-6,10-12,18,26,29-30H,1-4,7-9H2,(H2,25,31). The van der Waals surface area contributed by atoms with E-state index in [1.807, 2.05) is 6.07 Å². The van der Waals surface area contributed by atoms with Crippen LogP contribution in [0.1, 0.15) is 61.1 Å². The summed E-state index contributed by atoms with van der Waals surface area (Å²) < 4.78 is 0. The fraction of sp³-hybridized carbons (Fsp3) is 0.458. The molecule has 4 aliphatic rings. The van der Waals surface area contributed by atoms with Gasteiger partial charge in [-0.25, -0.2) is 0 Å². The Bertz CT molecular complexity index is 1090. The van der Waals surface area contributed by atoms with Crippen molar-refractivity contribution in [2.45, 2.75) is 50.9 Å². The zero-order chi connectivity index (χ0) is 22.0. The highest BCUT2D eigenvalue weighted by Gasteiger charge is 2.51. The van der Waals surface area contributed by atoms with E-state index < -0.39 is 40.6 Å². The number of phenols is 1. The Morgan fingerprint density at radius 1 is 1.00 bits per heavy atom. The molecule has 3 unspecified atom stereocenters. The third-order valence-electron chi connectivity index (χ3n) is 7.60. The first-order valence-electron chi connectivity index (χ1n) is 10.9. The zero-order valence-electron chi connectivity index (χ0n) is 17.1. The van der Waals surface area contributed by atoms with Gasteiger partial charge in [-0.15, -0.1) is 0 Å². The van der Waals surface area contributed by atoms with Gasteiger partial charge in [0.15, 0.2) is 11.6 Å². The maximum absolute atomic E-state index is 13.4. The van der Waals surface area contributed by atoms with Crippen molar-refractivity contribution < 1.29 is 29.7 Å². The van der Waals surface area contributed by atoms with E-state index in [1.165, 1.54) is 0 Å². The van der Waals surface area contributed by atoms with Crippen molar-refractivity contribution in [3.8, 4) is 5.75 Å². The van der Waals surface area contributed by atoms with Crippen LogP contribution in [0, 0.1) is 17.8 Å². The summed E-state index contributed by atoms with van der Waals surface area (Å²) in [5, 5.41) is 32.2. The lowest BCUT2D eigenvalue weighted by atomic mass is 9.61. The van der Waals surface area contributed by atoms with Gasteiger partial charge in [-0.05, 0) is 60.6 Å². The highest BCUT2D eigenvalue weighted by Crippen LogP contribution is 2.51. The predicted octanol–water partition coefficient (Wildman–Crippen LogP) is 2.97. The Morgan fingerprint density at radius 2 is 1.71 bits per heavy atom. The van der Waals surface area contributed by atoms with E-state index >= 15 is 0 Å². The van der Waals surface area contributed by atoms with Crippen molar-refractivity contribution in [2.24, 2.45) is 23.5 Å². The minimum absolute atomic E-state index is 0.0361. The van der Waals surface area contributed by atoms with E-state index in [0.29, 0.717) is 24.3 Å². The number of aliphatic hydroxyl groups excluding tert-OH is 2. The first-order valence-corrected chi connectivity index (χ1v) is 10.9. The Balaban J connectivity index is 1.64. The minimum atomic E-state index is -1.07. The third kappa shape index (κ3) is 2.82. The largest absolute Gasteiger partial charge is 0.511 e. The molecule has 7 heteroatoms. The average Bonchev–Trinajstić information content (AvgIpc) is 3.21. The van der Waals surface area contributed by atoms with E-state index in [0.717, 1.165) is 36.8 Å². The normalized spacial score (nSPS) is 28.5. The number of aromatic hydroxyl groups is 1. The molecule has 31 heavy (non-hydrogen) atoms. The predicted molar refractivity (Wildman–Crippen MR) is 111 cm³/mol. The van der Waals surface area contributed by atoms with Crippen molar-refractivity contribution in [1.82, 2.24) is 0 Å². The molecule has 0 aromatic heterocycles. The molecule has 5 N–H and O–H groups in total. The second kappa shape index (κ2) is 6.97. The van der Waals surface area contributed by atoms with Crippen molar-refractivity contribution >= 4 is 23.2 Å². The van der Waals surface area contributed by atoms with Crippen LogP contribution in [-0.4, -0.2) is 32.8 Å². The van der Waals surface area contributed by atoms with E-state index in [9.17, 15) is 29.7 Å². The molecule has 0 spiro atoms. The molecule has 0 saturated heterocycles. The highest BCUT2D eigenvalue weighted by molar-refractivity contribution is 6.21. The number of hydrogen-bond acceptors (Lipinski definition) is 6. The number of aliphatic hydroxyl groups is 2. The molecule has 5 rings (SSSR count). The van der Waals surface area contributed by atoms with E-state index in [1.54, 1.807) is 6.07 Å². The third-order valence-corrected chi connectivity index (χ3v) is 7.60.